The van der Waals surface area contributed by atoms with E-state index in [-0.39, 0.29) is 18.4 Å². The second-order valence-electron chi connectivity index (χ2n) is 7.15. The average Bonchev–Trinajstić information content (AvgIpc) is 3.31. The first kappa shape index (κ1) is 18.1. The highest BCUT2D eigenvalue weighted by atomic mass is 32.1. The first-order chi connectivity index (χ1) is 13.2. The first-order valence-corrected chi connectivity index (χ1v) is 10.4. The number of piperazine rings is 1. The minimum Gasteiger partial charge on any atom is -0.338 e. The van der Waals surface area contributed by atoms with Crippen LogP contribution in [0, 0.1) is 0 Å². The van der Waals surface area contributed by atoms with E-state index in [9.17, 15) is 9.59 Å². The van der Waals surface area contributed by atoms with Crippen LogP contribution in [0.1, 0.15) is 45.8 Å². The molecule has 2 amide bonds. The number of aryl methyl sites for hydroxylation is 2. The van der Waals surface area contributed by atoms with Gasteiger partial charge in [-0.2, -0.15) is 0 Å². The molecule has 0 atom stereocenters. The van der Waals surface area contributed by atoms with Gasteiger partial charge in [-0.15, -0.1) is 16.4 Å². The van der Waals surface area contributed by atoms with Crippen molar-refractivity contribution in [2.75, 3.05) is 26.2 Å². The number of carbonyl (C=O) groups excluding carboxylic acids is 2. The van der Waals surface area contributed by atoms with Gasteiger partial charge in [0.05, 0.1) is 4.88 Å². The van der Waals surface area contributed by atoms with Gasteiger partial charge in [-0.25, -0.2) is 4.68 Å². The van der Waals surface area contributed by atoms with Gasteiger partial charge in [0.2, 0.25) is 5.91 Å². The van der Waals surface area contributed by atoms with E-state index in [2.05, 4.69) is 21.6 Å². The first-order valence-electron chi connectivity index (χ1n) is 9.60. The lowest BCUT2D eigenvalue weighted by atomic mass is 10.00. The highest BCUT2D eigenvalue weighted by molar-refractivity contribution is 7.14. The summed E-state index contributed by atoms with van der Waals surface area (Å²) >= 11 is 1.67. The molecule has 0 N–H and O–H groups in total. The second kappa shape index (κ2) is 8.16. The average molecular weight is 388 g/mol. The molecular formula is C18H24N6O2S. The van der Waals surface area contributed by atoms with Crippen LogP contribution in [0.15, 0.2) is 12.4 Å². The van der Waals surface area contributed by atoms with Gasteiger partial charge in [-0.3, -0.25) is 9.59 Å². The molecule has 9 heteroatoms. The molecule has 8 nitrogen and oxygen atoms in total. The molecule has 4 rings (SSSR count). The van der Waals surface area contributed by atoms with Gasteiger partial charge in [0.25, 0.3) is 5.91 Å². The van der Waals surface area contributed by atoms with Gasteiger partial charge in [0.1, 0.15) is 12.9 Å². The number of aromatic nitrogens is 4. The fourth-order valence-corrected chi connectivity index (χ4v) is 4.98. The van der Waals surface area contributed by atoms with Gasteiger partial charge < -0.3 is 9.80 Å². The summed E-state index contributed by atoms with van der Waals surface area (Å²) in [6.45, 7) is 2.39. The molecule has 2 aromatic rings. The second-order valence-corrected chi connectivity index (χ2v) is 8.29. The number of amides is 2. The fraction of sp³-hybridized carbons (Fsp3) is 0.611. The molecule has 27 heavy (non-hydrogen) atoms. The largest absolute Gasteiger partial charge is 0.338 e. The lowest BCUT2D eigenvalue weighted by Gasteiger charge is -2.34. The minimum absolute atomic E-state index is 0.0199. The molecule has 0 unspecified atom stereocenters. The SMILES string of the molecule is O=C(Cn1cnnn1)N1CCN(C(=O)c2cc3c(s2)CCCCCC3)CC1. The van der Waals surface area contributed by atoms with E-state index in [1.54, 1.807) is 16.2 Å². The van der Waals surface area contributed by atoms with Crippen molar-refractivity contribution in [1.82, 2.24) is 30.0 Å². The van der Waals surface area contributed by atoms with Crippen molar-refractivity contribution in [2.24, 2.45) is 0 Å². The van der Waals surface area contributed by atoms with Crippen LogP contribution >= 0.6 is 11.3 Å². The summed E-state index contributed by atoms with van der Waals surface area (Å²) in [6.07, 6.45) is 8.66. The number of rotatable bonds is 3. The van der Waals surface area contributed by atoms with E-state index >= 15 is 0 Å². The zero-order valence-corrected chi connectivity index (χ0v) is 16.2. The number of fused-ring (bicyclic) bond motifs is 1. The normalized spacial score (nSPS) is 17.9. The number of hydrogen-bond donors (Lipinski definition) is 0. The third-order valence-corrected chi connectivity index (χ3v) is 6.54. The van der Waals surface area contributed by atoms with Crippen LogP contribution in [0.3, 0.4) is 0 Å². The van der Waals surface area contributed by atoms with E-state index in [4.69, 9.17) is 0 Å². The zero-order valence-electron chi connectivity index (χ0n) is 15.3. The van der Waals surface area contributed by atoms with Crippen molar-refractivity contribution in [2.45, 2.75) is 45.1 Å². The van der Waals surface area contributed by atoms with Crippen LogP contribution < -0.4 is 0 Å². The van der Waals surface area contributed by atoms with Gasteiger partial charge in [-0.05, 0) is 47.7 Å². The van der Waals surface area contributed by atoms with Crippen molar-refractivity contribution in [3.63, 3.8) is 0 Å². The van der Waals surface area contributed by atoms with Crippen LogP contribution in [0.2, 0.25) is 0 Å². The molecule has 0 aromatic carbocycles. The molecule has 0 spiro atoms. The minimum atomic E-state index is -0.0199. The summed E-state index contributed by atoms with van der Waals surface area (Å²) in [7, 11) is 0. The Balaban J connectivity index is 1.34. The molecule has 2 aromatic heterocycles. The van der Waals surface area contributed by atoms with Gasteiger partial charge in [0.15, 0.2) is 0 Å². The van der Waals surface area contributed by atoms with Crippen molar-refractivity contribution < 1.29 is 9.59 Å². The van der Waals surface area contributed by atoms with Crippen LogP contribution in [0.5, 0.6) is 0 Å². The molecule has 3 heterocycles. The number of tetrazole rings is 1. The Morgan fingerprint density at radius 2 is 1.74 bits per heavy atom. The predicted octanol–water partition coefficient (Wildman–Crippen LogP) is 1.38. The van der Waals surface area contributed by atoms with Gasteiger partial charge in [0, 0.05) is 31.1 Å². The third kappa shape index (κ3) is 4.18. The van der Waals surface area contributed by atoms with Crippen molar-refractivity contribution >= 4 is 23.2 Å². The highest BCUT2D eigenvalue weighted by Crippen LogP contribution is 2.29. The monoisotopic (exact) mass is 388 g/mol. The molecule has 2 aliphatic rings. The Morgan fingerprint density at radius 3 is 2.48 bits per heavy atom. The molecule has 1 aliphatic heterocycles. The standard InChI is InChI=1S/C18H24N6O2S/c25-17(12-24-13-19-20-21-24)22-7-9-23(10-8-22)18(26)16-11-14-5-3-1-2-4-6-15(14)27-16/h11,13H,1-10,12H2. The van der Waals surface area contributed by atoms with Crippen molar-refractivity contribution in [1.29, 1.82) is 0 Å². The summed E-state index contributed by atoms with van der Waals surface area (Å²) in [6, 6.07) is 2.11. The van der Waals surface area contributed by atoms with Gasteiger partial charge >= 0.3 is 0 Å². The quantitative estimate of drug-likeness (QED) is 0.793. The topological polar surface area (TPSA) is 84.2 Å². The molecule has 0 bridgehead atoms. The summed E-state index contributed by atoms with van der Waals surface area (Å²) in [5.74, 6) is 0.0906. The maximum atomic E-state index is 12.9. The summed E-state index contributed by atoms with van der Waals surface area (Å²) < 4.78 is 1.42. The number of nitrogens with zero attached hydrogens (tertiary/aromatic N) is 6. The lowest BCUT2D eigenvalue weighted by molar-refractivity contribution is -0.133. The van der Waals surface area contributed by atoms with Gasteiger partial charge in [-0.1, -0.05) is 12.8 Å². The number of hydrogen-bond acceptors (Lipinski definition) is 6. The molecule has 0 saturated carbocycles. The molecule has 1 aliphatic carbocycles. The molecule has 1 saturated heterocycles. The van der Waals surface area contributed by atoms with Crippen LogP contribution in [0.4, 0.5) is 0 Å². The Kier molecular flexibility index (Phi) is 5.47. The molecule has 0 radical (unpaired) electrons. The lowest BCUT2D eigenvalue weighted by Crippen LogP contribution is -2.51. The van der Waals surface area contributed by atoms with E-state index in [0.29, 0.717) is 26.2 Å². The van der Waals surface area contributed by atoms with E-state index in [0.717, 1.165) is 17.7 Å². The highest BCUT2D eigenvalue weighted by Gasteiger charge is 2.26. The van der Waals surface area contributed by atoms with Crippen LogP contribution in [-0.2, 0) is 24.2 Å². The van der Waals surface area contributed by atoms with E-state index in [1.807, 2.05) is 4.90 Å². The number of carbonyl (C=O) groups is 2. The smallest absolute Gasteiger partial charge is 0.264 e. The fourth-order valence-electron chi connectivity index (χ4n) is 3.76. The Bertz CT molecular complexity index is 769. The Labute approximate surface area is 162 Å². The summed E-state index contributed by atoms with van der Waals surface area (Å²) in [4.78, 5) is 31.1. The Hall–Kier alpha value is -2.29. The summed E-state index contributed by atoms with van der Waals surface area (Å²) in [5, 5.41) is 10.8. The Morgan fingerprint density at radius 1 is 1.00 bits per heavy atom. The molecule has 1 fully saturated rings. The predicted molar refractivity (Wildman–Crippen MR) is 100 cm³/mol. The van der Waals surface area contributed by atoms with E-state index < -0.39 is 0 Å². The summed E-state index contributed by atoms with van der Waals surface area (Å²) in [5.41, 5.74) is 1.37. The number of thiophene rings is 1. The van der Waals surface area contributed by atoms with Crippen LogP contribution in [0.25, 0.3) is 0 Å². The van der Waals surface area contributed by atoms with E-state index in [1.165, 1.54) is 47.1 Å². The van der Waals surface area contributed by atoms with Crippen molar-refractivity contribution in [3.8, 4) is 0 Å². The molecule has 144 valence electrons. The third-order valence-electron chi connectivity index (χ3n) is 5.32. The zero-order chi connectivity index (χ0) is 18.6. The maximum Gasteiger partial charge on any atom is 0.264 e. The maximum absolute atomic E-state index is 12.9. The van der Waals surface area contributed by atoms with Crippen LogP contribution in [-0.4, -0.2) is 68.0 Å². The van der Waals surface area contributed by atoms with Crippen molar-refractivity contribution in [3.05, 3.63) is 27.7 Å². The molecular weight excluding hydrogens is 364 g/mol.